The Hall–Kier alpha value is -10.5. The molecule has 4 aliphatic heterocycles. The summed E-state index contributed by atoms with van der Waals surface area (Å²) in [5.41, 5.74) is 24.8. The molecular weight excluding hydrogens is 1110 g/mol. The number of hydrogen-bond acceptors (Lipinski definition) is 8. The van der Waals surface area contributed by atoms with Crippen molar-refractivity contribution in [1.82, 2.24) is 0 Å². The zero-order chi connectivity index (χ0) is 58.1. The minimum atomic E-state index is -0.140. The molecule has 13 aromatic carbocycles. The van der Waals surface area contributed by atoms with Gasteiger partial charge in [-0.05, 0) is 174 Å². The second-order valence-electron chi connectivity index (χ2n) is 22.4. The van der Waals surface area contributed by atoms with Crippen LogP contribution in [0.25, 0.3) is 0 Å². The molecule has 0 saturated carbocycles. The van der Waals surface area contributed by atoms with Gasteiger partial charge in [-0.25, -0.2) is 0 Å². The van der Waals surface area contributed by atoms with Crippen LogP contribution in [0, 0.1) is 0 Å². The highest BCUT2D eigenvalue weighted by molar-refractivity contribution is 8.28. The first-order valence-electron chi connectivity index (χ1n) is 30.0. The predicted octanol–water partition coefficient (Wildman–Crippen LogP) is 19.6. The molecule has 13 aromatic rings. The van der Waals surface area contributed by atoms with Crippen LogP contribution in [-0.4, -0.2) is 12.0 Å². The second-order valence-corrected chi connectivity index (χ2v) is 24.7. The first kappa shape index (κ1) is 51.9. The van der Waals surface area contributed by atoms with Crippen molar-refractivity contribution in [2.75, 3.05) is 29.4 Å². The van der Waals surface area contributed by atoms with Crippen LogP contribution in [-0.2, 0) is 0 Å². The molecule has 88 heavy (non-hydrogen) atoms. The summed E-state index contributed by atoms with van der Waals surface area (Å²) in [5, 5.41) is 0. The molecule has 10 heteroatoms. The van der Waals surface area contributed by atoms with Crippen molar-refractivity contribution in [1.29, 1.82) is 0 Å². The van der Waals surface area contributed by atoms with E-state index in [-0.39, 0.29) is 12.0 Å². The van der Waals surface area contributed by atoms with Crippen LogP contribution in [0.3, 0.4) is 0 Å². The van der Waals surface area contributed by atoms with Crippen molar-refractivity contribution in [3.8, 4) is 0 Å². The van der Waals surface area contributed by atoms with Gasteiger partial charge in [-0.1, -0.05) is 176 Å². The third kappa shape index (κ3) is 8.69. The van der Waals surface area contributed by atoms with Crippen molar-refractivity contribution in [3.63, 3.8) is 0 Å². The monoisotopic (exact) mass is 1160 g/mol. The third-order valence-electron chi connectivity index (χ3n) is 17.3. The molecule has 0 atom stereocenters. The van der Waals surface area contributed by atoms with E-state index in [2.05, 4.69) is 357 Å². The SMILES string of the molecule is c1ccc(N(c2ccccc2)c2cc3c4c(c2)N(c2ccccc2)c2cc5c(cc2B4Sc2ccccc2N3c2ccccc2)B2Sc3ccccc3N(c3ccccc3)c3cc(N(c4ccccc4)c4ccccc4)cc(c32)N5c2ccccc2)cc1. The smallest absolute Gasteiger partial charge is 0.287 e. The van der Waals surface area contributed by atoms with E-state index in [0.29, 0.717) is 0 Å². The summed E-state index contributed by atoms with van der Waals surface area (Å²) in [7, 11) is 0. The maximum atomic E-state index is 2.62. The van der Waals surface area contributed by atoms with Crippen LogP contribution < -0.4 is 51.3 Å². The molecule has 0 aliphatic carbocycles. The van der Waals surface area contributed by atoms with Crippen molar-refractivity contribution >= 4 is 159 Å². The van der Waals surface area contributed by atoms with E-state index in [0.717, 1.165) is 102 Å². The van der Waals surface area contributed by atoms with Gasteiger partial charge in [0.1, 0.15) is 0 Å². The van der Waals surface area contributed by atoms with E-state index >= 15 is 0 Å². The molecule has 0 unspecified atom stereocenters. The van der Waals surface area contributed by atoms with Gasteiger partial charge in [0.2, 0.25) is 0 Å². The van der Waals surface area contributed by atoms with Crippen LogP contribution in [0.1, 0.15) is 0 Å². The Morgan fingerprint density at radius 1 is 0.216 bits per heavy atom. The van der Waals surface area contributed by atoms with Crippen LogP contribution in [0.4, 0.5) is 102 Å². The topological polar surface area (TPSA) is 19.4 Å². The van der Waals surface area contributed by atoms with E-state index in [1.165, 1.54) is 31.6 Å². The Balaban J connectivity index is 0.992. The molecule has 0 bridgehead atoms. The molecule has 414 valence electrons. The number of fused-ring (bicyclic) bond motifs is 6. The molecular formula is C78H54B2N6S2. The highest BCUT2D eigenvalue weighted by Crippen LogP contribution is 2.55. The summed E-state index contributed by atoms with van der Waals surface area (Å²) in [6, 6.07) is 120. The van der Waals surface area contributed by atoms with E-state index in [9.17, 15) is 0 Å². The number of rotatable bonds is 10. The Bertz CT molecular complexity index is 4350. The molecule has 4 aliphatic rings. The van der Waals surface area contributed by atoms with Gasteiger partial charge in [-0.2, -0.15) is 23.2 Å². The Morgan fingerprint density at radius 2 is 0.466 bits per heavy atom. The average molecular weight is 1160 g/mol. The second kappa shape index (κ2) is 21.8. The van der Waals surface area contributed by atoms with Gasteiger partial charge in [0.05, 0.1) is 22.7 Å². The molecule has 17 rings (SSSR count). The number of nitrogens with zero attached hydrogens (tertiary/aromatic N) is 6. The molecule has 4 heterocycles. The lowest BCUT2D eigenvalue weighted by atomic mass is 9.52. The summed E-state index contributed by atoms with van der Waals surface area (Å²) in [5.74, 6) is -0.280. The molecule has 0 aromatic heterocycles. The van der Waals surface area contributed by atoms with Gasteiger partial charge >= 0.3 is 0 Å². The quantitative estimate of drug-likeness (QED) is 0.125. The normalized spacial score (nSPS) is 13.2. The fourth-order valence-electron chi connectivity index (χ4n) is 13.6. The lowest BCUT2D eigenvalue weighted by Crippen LogP contribution is -2.54. The van der Waals surface area contributed by atoms with Crippen LogP contribution in [0.5, 0.6) is 0 Å². The molecule has 0 spiro atoms. The fourth-order valence-corrected chi connectivity index (χ4v) is 16.3. The zero-order valence-corrected chi connectivity index (χ0v) is 49.5. The molecule has 0 fully saturated rings. The predicted molar refractivity (Wildman–Crippen MR) is 376 cm³/mol. The van der Waals surface area contributed by atoms with Crippen LogP contribution >= 0.6 is 23.2 Å². The highest BCUT2D eigenvalue weighted by atomic mass is 32.2. The number of benzene rings is 13. The molecule has 0 radical (unpaired) electrons. The van der Waals surface area contributed by atoms with Gasteiger partial charge in [0.25, 0.3) is 12.0 Å². The van der Waals surface area contributed by atoms with Crippen molar-refractivity contribution in [2.45, 2.75) is 9.79 Å². The summed E-state index contributed by atoms with van der Waals surface area (Å²) in [6.45, 7) is 0. The zero-order valence-electron chi connectivity index (χ0n) is 47.8. The van der Waals surface area contributed by atoms with E-state index < -0.39 is 0 Å². The number of hydrogen-bond donors (Lipinski definition) is 0. The van der Waals surface area contributed by atoms with Gasteiger partial charge < -0.3 is 29.4 Å². The largest absolute Gasteiger partial charge is 0.311 e. The van der Waals surface area contributed by atoms with Crippen molar-refractivity contribution in [3.05, 3.63) is 328 Å². The number of para-hydroxylation sites is 10. The summed E-state index contributed by atoms with van der Waals surface area (Å²) in [6.07, 6.45) is 0. The van der Waals surface area contributed by atoms with Crippen LogP contribution in [0.15, 0.2) is 337 Å². The summed E-state index contributed by atoms with van der Waals surface area (Å²) >= 11 is 3.93. The van der Waals surface area contributed by atoms with E-state index in [1.807, 2.05) is 23.2 Å². The average Bonchev–Trinajstić information content (AvgIpc) is 1.33. The van der Waals surface area contributed by atoms with Crippen LogP contribution in [0.2, 0.25) is 0 Å². The fraction of sp³-hybridized carbons (Fsp3) is 0. The Morgan fingerprint density at radius 3 is 0.761 bits per heavy atom. The van der Waals surface area contributed by atoms with Gasteiger partial charge in [0, 0.05) is 89.4 Å². The molecule has 0 amide bonds. The molecule has 0 saturated heterocycles. The van der Waals surface area contributed by atoms with E-state index in [4.69, 9.17) is 0 Å². The minimum Gasteiger partial charge on any atom is -0.311 e. The lowest BCUT2D eigenvalue weighted by molar-refractivity contribution is 1.21. The lowest BCUT2D eigenvalue weighted by Gasteiger charge is -2.43. The third-order valence-corrected chi connectivity index (χ3v) is 19.9. The Labute approximate surface area is 522 Å². The summed E-state index contributed by atoms with van der Waals surface area (Å²) in [4.78, 5) is 17.4. The highest BCUT2D eigenvalue weighted by Gasteiger charge is 2.47. The van der Waals surface area contributed by atoms with Crippen molar-refractivity contribution in [2.24, 2.45) is 0 Å². The maximum absolute atomic E-state index is 2.62. The Kier molecular flexibility index (Phi) is 12.8. The molecule has 6 nitrogen and oxygen atoms in total. The van der Waals surface area contributed by atoms with E-state index in [1.54, 1.807) is 0 Å². The molecule has 0 N–H and O–H groups in total. The van der Waals surface area contributed by atoms with Gasteiger partial charge in [0.15, 0.2) is 0 Å². The summed E-state index contributed by atoms with van der Waals surface area (Å²) < 4.78 is 0. The maximum Gasteiger partial charge on any atom is 0.287 e. The first-order valence-corrected chi connectivity index (χ1v) is 31.7. The van der Waals surface area contributed by atoms with Crippen molar-refractivity contribution < 1.29 is 0 Å². The van der Waals surface area contributed by atoms with Gasteiger partial charge in [-0.15, -0.1) is 0 Å². The number of anilines is 18. The minimum absolute atomic E-state index is 0.140. The van der Waals surface area contributed by atoms with Gasteiger partial charge in [-0.3, -0.25) is 0 Å². The standard InChI is InChI=1S/C78H54B2N6S2/c1-9-29-55(30-10-1)81(56-31-11-2-12-32-56)63-49-71-77-73(51-63)85(61-41-21-7-22-42-61)69-54-70-66(53-65(69)79(77)87-75-47-27-25-45-67(75)83(71)59-37-17-5-18-38-59)80-78-72(84(60-39-19-6-20-40-60)68-46-26-28-48-76(68)88-80)50-64(52-74(78)86(70)62-43-23-8-24-44-62)82(57-33-13-3-14-34-57)58-35-15-4-16-36-58/h1-54H. The first-order chi connectivity index (χ1) is 43.7.